The Morgan fingerprint density at radius 1 is 0.719 bits per heavy atom. The average Bonchev–Trinajstić information content (AvgIpc) is 3.66. The van der Waals surface area contributed by atoms with Gasteiger partial charge in [-0.25, -0.2) is 13.2 Å². The van der Waals surface area contributed by atoms with E-state index in [2.05, 4.69) is 6.58 Å². The van der Waals surface area contributed by atoms with E-state index in [9.17, 15) is 13.2 Å². The van der Waals surface area contributed by atoms with E-state index in [1.807, 2.05) is 0 Å². The number of hydrogen-bond acceptors (Lipinski definition) is 3. The Hall–Kier alpha value is -2.93. The number of epoxide rings is 1. The zero-order valence-corrected chi connectivity index (χ0v) is 17.2. The van der Waals surface area contributed by atoms with Crippen molar-refractivity contribution >= 4 is 0 Å². The number of halogens is 3. The molecule has 0 saturated carbocycles. The van der Waals surface area contributed by atoms with E-state index in [1.54, 1.807) is 54.6 Å². The topological polar surface area (TPSA) is 31.0 Å². The molecule has 3 nitrogen and oxygen atoms in total. The number of ether oxygens (including phenoxy) is 3. The third-order valence-corrected chi connectivity index (χ3v) is 5.83. The molecule has 2 aliphatic rings. The van der Waals surface area contributed by atoms with E-state index in [0.717, 1.165) is 5.56 Å². The molecule has 2 aliphatic heterocycles. The van der Waals surface area contributed by atoms with Gasteiger partial charge in [-0.05, 0) is 22.8 Å². The summed E-state index contributed by atoms with van der Waals surface area (Å²) in [7, 11) is 0. The van der Waals surface area contributed by atoms with Gasteiger partial charge in [0.15, 0.2) is 17.9 Å². The molecule has 3 aromatic carbocycles. The number of rotatable bonds is 5. The van der Waals surface area contributed by atoms with E-state index in [-0.39, 0.29) is 23.1 Å². The van der Waals surface area contributed by atoms with E-state index in [4.69, 9.17) is 14.2 Å². The number of hydrogen-bond donors (Lipinski definition) is 0. The molecular formula is C26H21F3O3. The summed E-state index contributed by atoms with van der Waals surface area (Å²) in [6, 6.07) is 14.8. The third-order valence-electron chi connectivity index (χ3n) is 5.83. The van der Waals surface area contributed by atoms with Gasteiger partial charge in [0.05, 0.1) is 19.8 Å². The highest BCUT2D eigenvalue weighted by Crippen LogP contribution is 2.36. The van der Waals surface area contributed by atoms with Gasteiger partial charge >= 0.3 is 0 Å². The van der Waals surface area contributed by atoms with Crippen LogP contribution >= 0.6 is 0 Å². The van der Waals surface area contributed by atoms with Crippen LogP contribution in [0.1, 0.15) is 23.5 Å². The lowest BCUT2D eigenvalue weighted by Gasteiger charge is -2.28. The second kappa shape index (κ2) is 8.54. The molecule has 3 aromatic rings. The fourth-order valence-electron chi connectivity index (χ4n) is 3.84. The highest BCUT2D eigenvalue weighted by Gasteiger charge is 2.30. The van der Waals surface area contributed by atoms with Crippen LogP contribution in [0.5, 0.6) is 0 Å². The molecule has 0 bridgehead atoms. The lowest BCUT2D eigenvalue weighted by atomic mass is 9.97. The summed E-state index contributed by atoms with van der Waals surface area (Å²) in [6.07, 6.45) is 0.659. The first kappa shape index (κ1) is 20.9. The molecule has 2 heterocycles. The number of benzene rings is 3. The fourth-order valence-corrected chi connectivity index (χ4v) is 3.84. The highest BCUT2D eigenvalue weighted by atomic mass is 19.2. The van der Waals surface area contributed by atoms with Crippen molar-refractivity contribution in [2.75, 3.05) is 19.8 Å². The Labute approximate surface area is 184 Å². The Morgan fingerprint density at radius 2 is 1.34 bits per heavy atom. The van der Waals surface area contributed by atoms with Crippen LogP contribution in [0.4, 0.5) is 13.2 Å². The summed E-state index contributed by atoms with van der Waals surface area (Å²) < 4.78 is 59.9. The predicted molar refractivity (Wildman–Crippen MR) is 114 cm³/mol. The highest BCUT2D eigenvalue weighted by molar-refractivity contribution is 5.71. The summed E-state index contributed by atoms with van der Waals surface area (Å²) in [5, 5.41) is 0. The first-order valence-electron chi connectivity index (χ1n) is 10.4. The van der Waals surface area contributed by atoms with Crippen molar-refractivity contribution in [2.45, 2.75) is 12.4 Å². The van der Waals surface area contributed by atoms with E-state index in [0.29, 0.717) is 36.5 Å². The largest absolute Gasteiger partial charge is 0.368 e. The molecule has 5 rings (SSSR count). The van der Waals surface area contributed by atoms with Crippen LogP contribution < -0.4 is 0 Å². The molecule has 6 heteroatoms. The molecule has 164 valence electrons. The van der Waals surface area contributed by atoms with Crippen LogP contribution in [0.2, 0.25) is 0 Å². The molecule has 0 aliphatic carbocycles. The zero-order chi connectivity index (χ0) is 22.2. The monoisotopic (exact) mass is 438 g/mol. The minimum absolute atomic E-state index is 0.101. The first-order valence-corrected chi connectivity index (χ1v) is 10.4. The second-order valence-corrected chi connectivity index (χ2v) is 7.96. The fraction of sp³-hybridized carbons (Fsp3) is 0.231. The van der Waals surface area contributed by atoms with Gasteiger partial charge in [-0.2, -0.15) is 0 Å². The lowest BCUT2D eigenvalue weighted by molar-refractivity contribution is -0.198. The third kappa shape index (κ3) is 3.97. The Morgan fingerprint density at radius 3 is 1.97 bits per heavy atom. The smallest absolute Gasteiger partial charge is 0.186 e. The van der Waals surface area contributed by atoms with Crippen molar-refractivity contribution in [2.24, 2.45) is 5.92 Å². The van der Waals surface area contributed by atoms with Crippen LogP contribution in [-0.2, 0) is 14.2 Å². The molecule has 2 fully saturated rings. The lowest BCUT2D eigenvalue weighted by Crippen LogP contribution is -2.26. The van der Waals surface area contributed by atoms with E-state index < -0.39 is 23.7 Å². The molecule has 0 radical (unpaired) electrons. The molecule has 1 unspecified atom stereocenters. The minimum Gasteiger partial charge on any atom is -0.368 e. The summed E-state index contributed by atoms with van der Waals surface area (Å²) in [6.45, 7) is 4.99. The summed E-state index contributed by atoms with van der Waals surface area (Å²) in [4.78, 5) is 0. The molecule has 1 atom stereocenters. The summed E-state index contributed by atoms with van der Waals surface area (Å²) in [5.41, 5.74) is 2.69. The van der Waals surface area contributed by atoms with Crippen molar-refractivity contribution in [1.29, 1.82) is 0 Å². The van der Waals surface area contributed by atoms with Crippen molar-refractivity contribution in [3.63, 3.8) is 0 Å². The van der Waals surface area contributed by atoms with Gasteiger partial charge in [-0.1, -0.05) is 54.6 Å². The zero-order valence-electron chi connectivity index (χ0n) is 17.2. The van der Waals surface area contributed by atoms with Gasteiger partial charge in [-0.3, -0.25) is 0 Å². The van der Waals surface area contributed by atoms with Crippen LogP contribution in [-0.4, -0.2) is 19.8 Å². The maximum Gasteiger partial charge on any atom is 0.186 e. The van der Waals surface area contributed by atoms with Gasteiger partial charge < -0.3 is 14.2 Å². The SMILES string of the molecule is C=CC1COC(c2ccc(-c3ccc(-c4ccc(C5CO5)c(F)c4F)cc3)cc2F)OC1. The van der Waals surface area contributed by atoms with Crippen molar-refractivity contribution in [3.8, 4) is 22.3 Å². The van der Waals surface area contributed by atoms with Crippen molar-refractivity contribution < 1.29 is 27.4 Å². The average molecular weight is 438 g/mol. The van der Waals surface area contributed by atoms with Crippen LogP contribution in [0.25, 0.3) is 22.3 Å². The van der Waals surface area contributed by atoms with Crippen LogP contribution in [0.3, 0.4) is 0 Å². The summed E-state index contributed by atoms with van der Waals surface area (Å²) >= 11 is 0. The van der Waals surface area contributed by atoms with Crippen LogP contribution in [0, 0.1) is 23.4 Å². The molecular weight excluding hydrogens is 417 g/mol. The quantitative estimate of drug-likeness (QED) is 0.343. The minimum atomic E-state index is -0.896. The van der Waals surface area contributed by atoms with Crippen molar-refractivity contribution in [3.05, 3.63) is 95.8 Å². The van der Waals surface area contributed by atoms with E-state index in [1.165, 1.54) is 6.07 Å². The molecule has 0 aromatic heterocycles. The summed E-state index contributed by atoms with van der Waals surface area (Å²) in [5.74, 6) is -2.10. The maximum atomic E-state index is 14.8. The predicted octanol–water partition coefficient (Wildman–Crippen LogP) is 6.36. The van der Waals surface area contributed by atoms with Gasteiger partial charge in [-0.15, -0.1) is 6.58 Å². The maximum absolute atomic E-state index is 14.8. The standard InChI is InChI=1S/C26H21F3O3/c1-2-15-12-31-26(32-13-15)20-8-7-18(11-22(20)27)16-3-5-17(6-4-16)19-9-10-21(23-14-30-23)25(29)24(19)28/h2-11,15,23,26H,1,12-14H2. The van der Waals surface area contributed by atoms with Crippen LogP contribution in [0.15, 0.2) is 67.3 Å². The first-order chi connectivity index (χ1) is 15.5. The Balaban J connectivity index is 1.36. The van der Waals surface area contributed by atoms with E-state index >= 15 is 0 Å². The molecule has 0 amide bonds. The van der Waals surface area contributed by atoms with Crippen molar-refractivity contribution in [1.82, 2.24) is 0 Å². The molecule has 32 heavy (non-hydrogen) atoms. The van der Waals surface area contributed by atoms with Gasteiger partial charge in [0.2, 0.25) is 0 Å². The normalized spacial score (nSPS) is 22.5. The Bertz CT molecular complexity index is 1150. The van der Waals surface area contributed by atoms with Gasteiger partial charge in [0.1, 0.15) is 11.9 Å². The second-order valence-electron chi connectivity index (χ2n) is 7.96. The van der Waals surface area contributed by atoms with Gasteiger partial charge in [0, 0.05) is 22.6 Å². The van der Waals surface area contributed by atoms with Gasteiger partial charge in [0.25, 0.3) is 0 Å². The Kier molecular flexibility index (Phi) is 5.59. The molecule has 2 saturated heterocycles. The molecule has 0 N–H and O–H groups in total. The molecule has 0 spiro atoms.